The molecule has 100 valence electrons. The van der Waals surface area contributed by atoms with Gasteiger partial charge in [0, 0.05) is 29.1 Å². The summed E-state index contributed by atoms with van der Waals surface area (Å²) >= 11 is 3.44. The van der Waals surface area contributed by atoms with E-state index in [-0.39, 0.29) is 5.41 Å². The molecule has 0 aliphatic heterocycles. The van der Waals surface area contributed by atoms with Gasteiger partial charge >= 0.3 is 0 Å². The molecule has 0 fully saturated rings. The van der Waals surface area contributed by atoms with Crippen molar-refractivity contribution < 1.29 is 0 Å². The molecule has 1 aromatic carbocycles. The number of rotatable bonds is 3. The second-order valence-corrected chi connectivity index (χ2v) is 6.58. The highest BCUT2D eigenvalue weighted by Gasteiger charge is 2.16. The van der Waals surface area contributed by atoms with E-state index >= 15 is 0 Å². The lowest BCUT2D eigenvalue weighted by Crippen LogP contribution is -2.14. The standard InChI is InChI=1S/C16H19BrN2/c1-16(2,3)14-6-4-5-7-15(14)19-10-12-8-13(17)11-18-9-12/h4-9,11,19H,10H2,1-3H3. The van der Waals surface area contributed by atoms with Crippen molar-refractivity contribution in [3.8, 4) is 0 Å². The third kappa shape index (κ3) is 3.80. The number of aromatic nitrogens is 1. The van der Waals surface area contributed by atoms with Crippen LogP contribution in [0.15, 0.2) is 47.2 Å². The van der Waals surface area contributed by atoms with Gasteiger partial charge in [0.15, 0.2) is 0 Å². The minimum Gasteiger partial charge on any atom is -0.381 e. The number of pyridine rings is 1. The Hall–Kier alpha value is -1.35. The van der Waals surface area contributed by atoms with Crippen LogP contribution in [0.2, 0.25) is 0 Å². The van der Waals surface area contributed by atoms with Crippen molar-refractivity contribution in [3.05, 3.63) is 58.3 Å². The van der Waals surface area contributed by atoms with Crippen molar-refractivity contribution in [2.75, 3.05) is 5.32 Å². The van der Waals surface area contributed by atoms with Crippen molar-refractivity contribution >= 4 is 21.6 Å². The molecule has 0 radical (unpaired) electrons. The largest absolute Gasteiger partial charge is 0.381 e. The van der Waals surface area contributed by atoms with Crippen LogP contribution in [0.1, 0.15) is 31.9 Å². The smallest absolute Gasteiger partial charge is 0.0416 e. The summed E-state index contributed by atoms with van der Waals surface area (Å²) in [7, 11) is 0. The van der Waals surface area contributed by atoms with Gasteiger partial charge in [-0.15, -0.1) is 0 Å². The molecule has 0 unspecified atom stereocenters. The molecule has 0 bridgehead atoms. The van der Waals surface area contributed by atoms with Crippen molar-refractivity contribution in [1.82, 2.24) is 4.98 Å². The van der Waals surface area contributed by atoms with Crippen molar-refractivity contribution in [2.24, 2.45) is 0 Å². The second-order valence-electron chi connectivity index (χ2n) is 5.66. The number of hydrogen-bond donors (Lipinski definition) is 1. The lowest BCUT2D eigenvalue weighted by molar-refractivity contribution is 0.591. The zero-order valence-corrected chi connectivity index (χ0v) is 13.2. The van der Waals surface area contributed by atoms with Gasteiger partial charge in [-0.25, -0.2) is 0 Å². The molecule has 0 aliphatic rings. The van der Waals surface area contributed by atoms with Gasteiger partial charge in [-0.2, -0.15) is 0 Å². The number of halogens is 1. The Balaban J connectivity index is 2.16. The average molecular weight is 319 g/mol. The minimum absolute atomic E-state index is 0.138. The Morgan fingerprint density at radius 1 is 1.16 bits per heavy atom. The summed E-state index contributed by atoms with van der Waals surface area (Å²) < 4.78 is 1.01. The Bertz CT molecular complexity index is 559. The van der Waals surface area contributed by atoms with Crippen LogP contribution in [0.25, 0.3) is 0 Å². The second kappa shape index (κ2) is 5.74. The molecule has 2 aromatic rings. The monoisotopic (exact) mass is 318 g/mol. The summed E-state index contributed by atoms with van der Waals surface area (Å²) in [6.07, 6.45) is 3.68. The van der Waals surface area contributed by atoms with Gasteiger partial charge in [0.1, 0.15) is 0 Å². The Morgan fingerprint density at radius 2 is 1.89 bits per heavy atom. The fourth-order valence-electron chi connectivity index (χ4n) is 2.04. The van der Waals surface area contributed by atoms with E-state index in [1.807, 2.05) is 6.20 Å². The number of hydrogen-bond acceptors (Lipinski definition) is 2. The van der Waals surface area contributed by atoms with E-state index in [1.165, 1.54) is 11.3 Å². The normalized spacial score (nSPS) is 11.4. The van der Waals surface area contributed by atoms with Gasteiger partial charge in [-0.05, 0) is 44.6 Å². The average Bonchev–Trinajstić information content (AvgIpc) is 2.36. The van der Waals surface area contributed by atoms with Crippen LogP contribution in [-0.2, 0) is 12.0 Å². The van der Waals surface area contributed by atoms with Gasteiger partial charge in [0.2, 0.25) is 0 Å². The summed E-state index contributed by atoms with van der Waals surface area (Å²) in [5.74, 6) is 0. The molecule has 3 heteroatoms. The summed E-state index contributed by atoms with van der Waals surface area (Å²) in [5, 5.41) is 3.50. The molecule has 1 N–H and O–H groups in total. The van der Waals surface area contributed by atoms with Gasteiger partial charge in [-0.1, -0.05) is 39.0 Å². The molecule has 0 saturated carbocycles. The van der Waals surface area contributed by atoms with Crippen LogP contribution in [0.5, 0.6) is 0 Å². The number of para-hydroxylation sites is 1. The minimum atomic E-state index is 0.138. The highest BCUT2D eigenvalue weighted by molar-refractivity contribution is 9.10. The van der Waals surface area contributed by atoms with Crippen LogP contribution in [-0.4, -0.2) is 4.98 Å². The number of anilines is 1. The van der Waals surface area contributed by atoms with Gasteiger partial charge < -0.3 is 5.32 Å². The first-order valence-corrected chi connectivity index (χ1v) is 7.19. The van der Waals surface area contributed by atoms with Crippen LogP contribution in [0.3, 0.4) is 0 Å². The van der Waals surface area contributed by atoms with E-state index in [4.69, 9.17) is 0 Å². The predicted molar refractivity (Wildman–Crippen MR) is 84.4 cm³/mol. The van der Waals surface area contributed by atoms with Crippen LogP contribution in [0, 0.1) is 0 Å². The van der Waals surface area contributed by atoms with Crippen molar-refractivity contribution in [2.45, 2.75) is 32.7 Å². The summed E-state index contributed by atoms with van der Waals surface area (Å²) in [5.41, 5.74) is 3.82. The van der Waals surface area contributed by atoms with Crippen LogP contribution >= 0.6 is 15.9 Å². The Morgan fingerprint density at radius 3 is 2.58 bits per heavy atom. The van der Waals surface area contributed by atoms with E-state index in [9.17, 15) is 0 Å². The topological polar surface area (TPSA) is 24.9 Å². The number of nitrogens with one attached hydrogen (secondary N) is 1. The highest BCUT2D eigenvalue weighted by atomic mass is 79.9. The van der Waals surface area contributed by atoms with Crippen molar-refractivity contribution in [3.63, 3.8) is 0 Å². The van der Waals surface area contributed by atoms with E-state index in [2.05, 4.69) is 77.3 Å². The molecule has 0 spiro atoms. The summed E-state index contributed by atoms with van der Waals surface area (Å²) in [6, 6.07) is 10.6. The third-order valence-electron chi connectivity index (χ3n) is 2.98. The molecular weight excluding hydrogens is 300 g/mol. The molecule has 0 atom stereocenters. The molecule has 1 aromatic heterocycles. The first-order chi connectivity index (χ1) is 8.97. The number of nitrogens with zero attached hydrogens (tertiary/aromatic N) is 1. The Kier molecular flexibility index (Phi) is 4.25. The maximum absolute atomic E-state index is 4.18. The Labute approximate surface area is 123 Å². The molecule has 0 aliphatic carbocycles. The summed E-state index contributed by atoms with van der Waals surface area (Å²) in [6.45, 7) is 7.47. The molecule has 2 nitrogen and oxygen atoms in total. The number of benzene rings is 1. The van der Waals surface area contributed by atoms with Crippen molar-refractivity contribution in [1.29, 1.82) is 0 Å². The van der Waals surface area contributed by atoms with Gasteiger partial charge in [0.05, 0.1) is 0 Å². The van der Waals surface area contributed by atoms with E-state index in [0.717, 1.165) is 16.6 Å². The van der Waals surface area contributed by atoms with Crippen LogP contribution < -0.4 is 5.32 Å². The highest BCUT2D eigenvalue weighted by Crippen LogP contribution is 2.29. The zero-order chi connectivity index (χ0) is 13.9. The van der Waals surface area contributed by atoms with E-state index in [0.29, 0.717) is 0 Å². The van der Waals surface area contributed by atoms with E-state index in [1.54, 1.807) is 6.20 Å². The van der Waals surface area contributed by atoms with E-state index < -0.39 is 0 Å². The first-order valence-electron chi connectivity index (χ1n) is 6.39. The lowest BCUT2D eigenvalue weighted by atomic mass is 9.86. The molecule has 0 amide bonds. The maximum Gasteiger partial charge on any atom is 0.0416 e. The third-order valence-corrected chi connectivity index (χ3v) is 3.41. The fourth-order valence-corrected chi connectivity index (χ4v) is 2.45. The predicted octanol–water partition coefficient (Wildman–Crippen LogP) is 4.75. The summed E-state index contributed by atoms with van der Waals surface area (Å²) in [4.78, 5) is 4.18. The fraction of sp³-hybridized carbons (Fsp3) is 0.312. The molecule has 1 heterocycles. The van der Waals surface area contributed by atoms with Gasteiger partial charge in [0.25, 0.3) is 0 Å². The lowest BCUT2D eigenvalue weighted by Gasteiger charge is -2.23. The van der Waals surface area contributed by atoms with Gasteiger partial charge in [-0.3, -0.25) is 4.98 Å². The molecule has 0 saturated heterocycles. The maximum atomic E-state index is 4.18. The quantitative estimate of drug-likeness (QED) is 0.883. The SMILES string of the molecule is CC(C)(C)c1ccccc1NCc1cncc(Br)c1. The molecule has 2 rings (SSSR count). The van der Waals surface area contributed by atoms with Crippen LogP contribution in [0.4, 0.5) is 5.69 Å². The molecule has 19 heavy (non-hydrogen) atoms. The zero-order valence-electron chi connectivity index (χ0n) is 11.6. The molecular formula is C16H19BrN2. The first kappa shape index (κ1) is 14.1.